The minimum atomic E-state index is -0.468. The number of hydrogen-bond donors (Lipinski definition) is 3. The number of carbonyl (C=O) groups excluding carboxylic acids is 2. The molecular formula is C24H21FN6O3. The van der Waals surface area contributed by atoms with Gasteiger partial charge in [-0.1, -0.05) is 0 Å². The Balaban J connectivity index is 1.65. The van der Waals surface area contributed by atoms with Crippen molar-refractivity contribution in [2.75, 3.05) is 10.6 Å². The van der Waals surface area contributed by atoms with Crippen LogP contribution < -0.4 is 20.7 Å². The van der Waals surface area contributed by atoms with Gasteiger partial charge in [0.15, 0.2) is 11.4 Å². The van der Waals surface area contributed by atoms with Crippen molar-refractivity contribution in [1.29, 1.82) is 0 Å². The molecule has 0 fully saturated rings. The fourth-order valence-electron chi connectivity index (χ4n) is 3.61. The lowest BCUT2D eigenvalue weighted by Crippen LogP contribution is -2.30. The number of rotatable bonds is 2. The van der Waals surface area contributed by atoms with Crippen LogP contribution in [0.25, 0.3) is 5.65 Å². The van der Waals surface area contributed by atoms with Gasteiger partial charge in [0.25, 0.3) is 11.8 Å². The molecular weight excluding hydrogens is 439 g/mol. The van der Waals surface area contributed by atoms with Crippen molar-refractivity contribution in [3.8, 4) is 11.5 Å². The summed E-state index contributed by atoms with van der Waals surface area (Å²) in [6.45, 7) is 3.94. The van der Waals surface area contributed by atoms with Crippen molar-refractivity contribution in [1.82, 2.24) is 19.9 Å². The molecule has 172 valence electrons. The van der Waals surface area contributed by atoms with Gasteiger partial charge in [0.2, 0.25) is 0 Å². The highest BCUT2D eigenvalue weighted by Crippen LogP contribution is 2.34. The Morgan fingerprint density at radius 3 is 2.82 bits per heavy atom. The van der Waals surface area contributed by atoms with E-state index < -0.39 is 11.7 Å². The van der Waals surface area contributed by atoms with E-state index in [0.29, 0.717) is 34.1 Å². The third kappa shape index (κ3) is 4.13. The number of hydrogen-bond acceptors (Lipinski definition) is 6. The normalized spacial score (nSPS) is 13.0. The summed E-state index contributed by atoms with van der Waals surface area (Å²) in [6.07, 6.45) is 3.09. The standard InChI is InChI=1S/C24H21FN6O3/c1-13(2)28-23(32)14-3-5-20-18(10-14)29-24(33)17-12-27-31-8-7-21(30-22(17)31)26-11-15-9-16(25)4-6-19(15)34-20/h3-10,12-13H,11H2,1-2H3,(H,26,30)(H,28,32)(H,29,33). The SMILES string of the molecule is CC(C)NC(=O)c1ccc2c(c1)NC(=O)c1cnn3ccc(nc13)NCc1cc(F)ccc1O2. The van der Waals surface area contributed by atoms with Crippen LogP contribution in [0.15, 0.2) is 54.9 Å². The Kier molecular flexibility index (Phi) is 5.33. The van der Waals surface area contributed by atoms with E-state index in [4.69, 9.17) is 4.74 Å². The quantitative estimate of drug-likeness (QED) is 0.418. The molecule has 0 radical (unpaired) electrons. The number of nitrogens with one attached hydrogen (secondary N) is 3. The molecule has 0 atom stereocenters. The average Bonchev–Trinajstić information content (AvgIpc) is 3.22. The molecule has 9 nitrogen and oxygen atoms in total. The van der Waals surface area contributed by atoms with Crippen LogP contribution in [0.2, 0.25) is 0 Å². The third-order valence-electron chi connectivity index (χ3n) is 5.23. The third-order valence-corrected chi connectivity index (χ3v) is 5.23. The first-order valence-corrected chi connectivity index (χ1v) is 10.7. The van der Waals surface area contributed by atoms with E-state index in [2.05, 4.69) is 26.0 Å². The Labute approximate surface area is 194 Å². The lowest BCUT2D eigenvalue weighted by atomic mass is 10.1. The highest BCUT2D eigenvalue weighted by Gasteiger charge is 2.20. The zero-order valence-corrected chi connectivity index (χ0v) is 18.4. The van der Waals surface area contributed by atoms with Crippen molar-refractivity contribution in [3.63, 3.8) is 0 Å². The molecule has 10 heteroatoms. The lowest BCUT2D eigenvalue weighted by Gasteiger charge is -2.16. The van der Waals surface area contributed by atoms with Gasteiger partial charge in [0, 0.05) is 29.9 Å². The van der Waals surface area contributed by atoms with Gasteiger partial charge in [-0.2, -0.15) is 5.10 Å². The van der Waals surface area contributed by atoms with E-state index in [0.717, 1.165) is 0 Å². The highest BCUT2D eigenvalue weighted by atomic mass is 19.1. The van der Waals surface area contributed by atoms with E-state index >= 15 is 0 Å². The van der Waals surface area contributed by atoms with E-state index in [1.165, 1.54) is 35.0 Å². The maximum atomic E-state index is 14.0. The summed E-state index contributed by atoms with van der Waals surface area (Å²) in [5.74, 6) is 0.0102. The van der Waals surface area contributed by atoms with Crippen LogP contribution in [0.1, 0.15) is 40.1 Å². The van der Waals surface area contributed by atoms with Crippen molar-refractivity contribution in [2.45, 2.75) is 26.4 Å². The minimum absolute atomic E-state index is 0.0589. The Bertz CT molecular complexity index is 1430. The number of halogens is 1. The van der Waals surface area contributed by atoms with Gasteiger partial charge in [0.1, 0.15) is 22.9 Å². The number of nitrogens with zero attached hydrogens (tertiary/aromatic N) is 3. The Morgan fingerprint density at radius 2 is 2.00 bits per heavy atom. The molecule has 2 aromatic heterocycles. The first-order valence-electron chi connectivity index (χ1n) is 10.7. The topological polar surface area (TPSA) is 110 Å². The van der Waals surface area contributed by atoms with Crippen LogP contribution in [0.5, 0.6) is 11.5 Å². The van der Waals surface area contributed by atoms with Gasteiger partial charge in [-0.15, -0.1) is 0 Å². The Morgan fingerprint density at radius 1 is 1.18 bits per heavy atom. The number of anilines is 2. The van der Waals surface area contributed by atoms with Gasteiger partial charge in [0.05, 0.1) is 11.9 Å². The first kappa shape index (κ1) is 21.4. The van der Waals surface area contributed by atoms with Gasteiger partial charge < -0.3 is 20.7 Å². The van der Waals surface area contributed by atoms with Gasteiger partial charge in [-0.25, -0.2) is 13.9 Å². The molecule has 3 N–H and O–H groups in total. The first-order chi connectivity index (χ1) is 16.4. The Hall–Kier alpha value is -4.47. The summed E-state index contributed by atoms with van der Waals surface area (Å²) in [4.78, 5) is 30.2. The summed E-state index contributed by atoms with van der Waals surface area (Å²) in [5.41, 5.74) is 1.77. The monoisotopic (exact) mass is 460 g/mol. The molecule has 0 saturated heterocycles. The summed E-state index contributed by atoms with van der Waals surface area (Å²) in [6, 6.07) is 10.6. The van der Waals surface area contributed by atoms with E-state index in [1.807, 2.05) is 13.8 Å². The fraction of sp³-hybridized carbons (Fsp3) is 0.167. The van der Waals surface area contributed by atoms with Crippen LogP contribution in [-0.2, 0) is 6.54 Å². The smallest absolute Gasteiger partial charge is 0.261 e. The predicted molar refractivity (Wildman–Crippen MR) is 124 cm³/mol. The molecule has 0 saturated carbocycles. The maximum Gasteiger partial charge on any atom is 0.261 e. The summed E-state index contributed by atoms with van der Waals surface area (Å²) in [7, 11) is 0. The molecule has 3 heterocycles. The number of benzene rings is 2. The van der Waals surface area contributed by atoms with E-state index in [-0.39, 0.29) is 29.7 Å². The van der Waals surface area contributed by atoms with Gasteiger partial charge >= 0.3 is 0 Å². The zero-order chi connectivity index (χ0) is 23.8. The number of ether oxygens (including phenoxy) is 1. The molecule has 5 rings (SSSR count). The van der Waals surface area contributed by atoms with Crippen LogP contribution in [0.3, 0.4) is 0 Å². The van der Waals surface area contributed by atoms with Crippen LogP contribution in [0, 0.1) is 5.82 Å². The van der Waals surface area contributed by atoms with Gasteiger partial charge in [-0.3, -0.25) is 9.59 Å². The fourth-order valence-corrected chi connectivity index (χ4v) is 3.61. The number of carbonyl (C=O) groups is 2. The van der Waals surface area contributed by atoms with Crippen molar-refractivity contribution in [2.24, 2.45) is 0 Å². The molecule has 4 aromatic rings. The number of amides is 2. The summed E-state index contributed by atoms with van der Waals surface area (Å²) >= 11 is 0. The molecule has 0 spiro atoms. The molecule has 0 unspecified atom stereocenters. The predicted octanol–water partition coefficient (Wildman–Crippen LogP) is 3.98. The second-order valence-corrected chi connectivity index (χ2v) is 8.14. The van der Waals surface area contributed by atoms with Crippen LogP contribution in [0.4, 0.5) is 15.9 Å². The second kappa shape index (κ2) is 8.47. The summed E-state index contributed by atoms with van der Waals surface area (Å²) < 4.78 is 21.6. The van der Waals surface area contributed by atoms with Crippen molar-refractivity contribution < 1.29 is 18.7 Å². The van der Waals surface area contributed by atoms with E-state index in [9.17, 15) is 14.0 Å². The molecule has 2 amide bonds. The maximum absolute atomic E-state index is 14.0. The van der Waals surface area contributed by atoms with Crippen LogP contribution in [-0.4, -0.2) is 32.5 Å². The molecule has 1 aliphatic heterocycles. The average molecular weight is 460 g/mol. The van der Waals surface area contributed by atoms with Crippen molar-refractivity contribution >= 4 is 29.0 Å². The molecule has 1 aliphatic rings. The molecule has 34 heavy (non-hydrogen) atoms. The van der Waals surface area contributed by atoms with Crippen molar-refractivity contribution in [3.05, 3.63) is 77.4 Å². The zero-order valence-electron chi connectivity index (χ0n) is 18.4. The largest absolute Gasteiger partial charge is 0.455 e. The highest BCUT2D eigenvalue weighted by molar-refractivity contribution is 6.09. The van der Waals surface area contributed by atoms with Crippen LogP contribution >= 0.6 is 0 Å². The van der Waals surface area contributed by atoms with E-state index in [1.54, 1.807) is 24.4 Å². The minimum Gasteiger partial charge on any atom is -0.455 e. The van der Waals surface area contributed by atoms with Gasteiger partial charge in [-0.05, 0) is 56.3 Å². The molecule has 2 aromatic carbocycles. The second-order valence-electron chi connectivity index (χ2n) is 8.14. The number of fused-ring (bicyclic) bond motifs is 3. The summed E-state index contributed by atoms with van der Waals surface area (Å²) in [5, 5.41) is 13.0. The molecule has 0 aliphatic carbocycles. The lowest BCUT2D eigenvalue weighted by molar-refractivity contribution is 0.0941. The number of aromatic nitrogens is 3. The molecule has 2 bridgehead atoms.